The number of nitrogens with zero attached hydrogens (tertiary/aromatic N) is 1. The summed E-state index contributed by atoms with van der Waals surface area (Å²) in [6.07, 6.45) is 3.43. The normalized spacial score (nSPS) is 16.2. The first-order chi connectivity index (χ1) is 13.6. The molecule has 0 aromatic heterocycles. The van der Waals surface area contributed by atoms with Gasteiger partial charge in [-0.2, -0.15) is 0 Å². The quantitative estimate of drug-likeness (QED) is 0.664. The first kappa shape index (κ1) is 18.5. The molecule has 4 rings (SSSR count). The molecule has 0 bridgehead atoms. The maximum atomic E-state index is 11.8. The van der Waals surface area contributed by atoms with E-state index < -0.39 is 5.97 Å². The largest absolute Gasteiger partial charge is 0.507 e. The van der Waals surface area contributed by atoms with Gasteiger partial charge in [0, 0.05) is 5.56 Å². The molecule has 1 atom stereocenters. The van der Waals surface area contributed by atoms with E-state index in [1.165, 1.54) is 6.42 Å². The van der Waals surface area contributed by atoms with Crippen molar-refractivity contribution in [1.29, 1.82) is 0 Å². The van der Waals surface area contributed by atoms with E-state index in [1.807, 2.05) is 36.4 Å². The van der Waals surface area contributed by atoms with E-state index in [0.717, 1.165) is 47.8 Å². The van der Waals surface area contributed by atoms with Crippen LogP contribution in [0.15, 0.2) is 54.6 Å². The van der Waals surface area contributed by atoms with Gasteiger partial charge < -0.3 is 10.2 Å². The number of aryl methyl sites for hydroxylation is 1. The Morgan fingerprint density at radius 2 is 1.68 bits per heavy atom. The first-order valence-corrected chi connectivity index (χ1v) is 9.85. The van der Waals surface area contributed by atoms with Gasteiger partial charge in [0.05, 0.1) is 6.04 Å². The van der Waals surface area contributed by atoms with Crippen LogP contribution in [0.2, 0.25) is 0 Å². The summed E-state index contributed by atoms with van der Waals surface area (Å²) >= 11 is 0. The van der Waals surface area contributed by atoms with E-state index >= 15 is 0 Å². The summed E-state index contributed by atoms with van der Waals surface area (Å²) in [4.78, 5) is 14.2. The molecular formula is C24H25NO3. The molecule has 4 nitrogen and oxygen atoms in total. The number of benzene rings is 3. The lowest BCUT2D eigenvalue weighted by Crippen LogP contribution is -2.35. The third kappa shape index (κ3) is 3.25. The van der Waals surface area contributed by atoms with E-state index in [9.17, 15) is 15.0 Å². The van der Waals surface area contributed by atoms with Crippen molar-refractivity contribution >= 4 is 16.7 Å². The predicted octanol–water partition coefficient (Wildman–Crippen LogP) is 5.13. The van der Waals surface area contributed by atoms with Gasteiger partial charge in [0.15, 0.2) is 0 Å². The zero-order valence-corrected chi connectivity index (χ0v) is 16.1. The number of aromatic carboxylic acids is 1. The second-order valence-electron chi connectivity index (χ2n) is 7.57. The number of fused-ring (bicyclic) bond motifs is 1. The van der Waals surface area contributed by atoms with Gasteiger partial charge >= 0.3 is 5.97 Å². The van der Waals surface area contributed by atoms with Gasteiger partial charge in [-0.1, -0.05) is 55.0 Å². The summed E-state index contributed by atoms with van der Waals surface area (Å²) in [5.41, 5.74) is 2.92. The minimum atomic E-state index is -1.10. The number of carboxylic acid groups (broad SMARTS) is 1. The summed E-state index contributed by atoms with van der Waals surface area (Å²) in [7, 11) is 0. The van der Waals surface area contributed by atoms with Crippen molar-refractivity contribution in [3.05, 3.63) is 76.9 Å². The van der Waals surface area contributed by atoms with E-state index in [4.69, 9.17) is 0 Å². The average molecular weight is 375 g/mol. The molecule has 28 heavy (non-hydrogen) atoms. The zero-order valence-electron chi connectivity index (χ0n) is 16.1. The van der Waals surface area contributed by atoms with Crippen LogP contribution in [0.5, 0.6) is 5.75 Å². The van der Waals surface area contributed by atoms with E-state index in [2.05, 4.69) is 24.0 Å². The number of piperidine rings is 1. The summed E-state index contributed by atoms with van der Waals surface area (Å²) in [5.74, 6) is -1.23. The minimum absolute atomic E-state index is 0.0377. The molecule has 1 aliphatic heterocycles. The van der Waals surface area contributed by atoms with Crippen LogP contribution in [-0.4, -0.2) is 34.2 Å². The number of phenols is 1. The predicted molar refractivity (Wildman–Crippen MR) is 111 cm³/mol. The molecule has 1 saturated heterocycles. The number of hydrogen-bond donors (Lipinski definition) is 2. The molecule has 3 aromatic carbocycles. The van der Waals surface area contributed by atoms with Crippen molar-refractivity contribution in [3.8, 4) is 5.75 Å². The molecule has 0 aliphatic carbocycles. The van der Waals surface area contributed by atoms with Gasteiger partial charge in [-0.3, -0.25) is 4.90 Å². The Hall–Kier alpha value is -2.85. The van der Waals surface area contributed by atoms with Crippen molar-refractivity contribution in [1.82, 2.24) is 4.90 Å². The molecule has 4 heteroatoms. The topological polar surface area (TPSA) is 60.8 Å². The number of carbonyl (C=O) groups is 1. The van der Waals surface area contributed by atoms with Crippen molar-refractivity contribution in [3.63, 3.8) is 0 Å². The highest BCUT2D eigenvalue weighted by atomic mass is 16.4. The fourth-order valence-corrected chi connectivity index (χ4v) is 4.41. The Bertz CT molecular complexity index is 1020. The maximum Gasteiger partial charge on any atom is 0.339 e. The summed E-state index contributed by atoms with van der Waals surface area (Å²) in [5, 5.41) is 22.5. The fraction of sp³-hybridized carbons (Fsp3) is 0.292. The molecule has 1 fully saturated rings. The molecule has 144 valence electrons. The van der Waals surface area contributed by atoms with Gasteiger partial charge in [-0.25, -0.2) is 4.79 Å². The van der Waals surface area contributed by atoms with Crippen molar-refractivity contribution in [2.24, 2.45) is 0 Å². The number of aromatic hydroxyl groups is 1. The Balaban J connectivity index is 2.03. The lowest BCUT2D eigenvalue weighted by Gasteiger charge is -2.37. The van der Waals surface area contributed by atoms with Crippen molar-refractivity contribution in [2.75, 3.05) is 13.1 Å². The molecule has 0 amide bonds. The summed E-state index contributed by atoms with van der Waals surface area (Å²) in [6.45, 7) is 3.95. The second kappa shape index (κ2) is 7.64. The van der Waals surface area contributed by atoms with Crippen LogP contribution in [-0.2, 0) is 0 Å². The molecule has 0 spiro atoms. The molecule has 3 aromatic rings. The first-order valence-electron chi connectivity index (χ1n) is 9.85. The monoisotopic (exact) mass is 375 g/mol. The molecular weight excluding hydrogens is 350 g/mol. The lowest BCUT2D eigenvalue weighted by molar-refractivity contribution is 0.0693. The van der Waals surface area contributed by atoms with E-state index in [0.29, 0.717) is 5.56 Å². The molecule has 1 heterocycles. The zero-order chi connectivity index (χ0) is 19.7. The van der Waals surface area contributed by atoms with Crippen LogP contribution >= 0.6 is 0 Å². The Morgan fingerprint density at radius 3 is 2.39 bits per heavy atom. The highest BCUT2D eigenvalue weighted by Crippen LogP contribution is 2.43. The minimum Gasteiger partial charge on any atom is -0.507 e. The highest BCUT2D eigenvalue weighted by Gasteiger charge is 2.31. The van der Waals surface area contributed by atoms with Crippen LogP contribution in [0.4, 0.5) is 0 Å². The molecule has 2 N–H and O–H groups in total. The molecule has 1 aliphatic rings. The van der Waals surface area contributed by atoms with Crippen LogP contribution < -0.4 is 0 Å². The van der Waals surface area contributed by atoms with E-state index in [1.54, 1.807) is 6.07 Å². The van der Waals surface area contributed by atoms with Crippen LogP contribution in [0.3, 0.4) is 0 Å². The standard InChI is InChI=1S/C24H25NO3/c1-16-9-3-5-11-18(16)22(25-13-7-2-8-14-25)21-19-12-6-4-10-17(19)15-20(23(21)26)24(27)28/h3-6,9-12,15,22,26H,2,7-8,13-14H2,1H3,(H,27,28). The van der Waals surface area contributed by atoms with Gasteiger partial charge in [-0.15, -0.1) is 0 Å². The number of likely N-dealkylation sites (tertiary alicyclic amines) is 1. The number of carboxylic acids is 1. The smallest absolute Gasteiger partial charge is 0.339 e. The molecule has 1 unspecified atom stereocenters. The van der Waals surface area contributed by atoms with Crippen molar-refractivity contribution in [2.45, 2.75) is 32.2 Å². The SMILES string of the molecule is Cc1ccccc1C(c1c(O)c(C(=O)O)cc2ccccc12)N1CCCCC1. The van der Waals surface area contributed by atoms with Crippen LogP contribution in [0, 0.1) is 6.92 Å². The van der Waals surface area contributed by atoms with Crippen LogP contribution in [0.1, 0.15) is 52.4 Å². The Kier molecular flexibility index (Phi) is 5.05. The van der Waals surface area contributed by atoms with Crippen LogP contribution in [0.25, 0.3) is 10.8 Å². The average Bonchev–Trinajstić information content (AvgIpc) is 2.71. The molecule has 0 radical (unpaired) electrons. The summed E-state index contributed by atoms with van der Waals surface area (Å²) < 4.78 is 0. The van der Waals surface area contributed by atoms with E-state index in [-0.39, 0.29) is 17.4 Å². The third-order valence-corrected chi connectivity index (χ3v) is 5.80. The second-order valence-corrected chi connectivity index (χ2v) is 7.57. The van der Waals surface area contributed by atoms with Crippen molar-refractivity contribution < 1.29 is 15.0 Å². The fourth-order valence-electron chi connectivity index (χ4n) is 4.41. The Morgan fingerprint density at radius 1 is 1.00 bits per heavy atom. The van der Waals surface area contributed by atoms with Gasteiger partial charge in [0.1, 0.15) is 11.3 Å². The lowest BCUT2D eigenvalue weighted by atomic mass is 9.87. The third-order valence-electron chi connectivity index (χ3n) is 5.80. The van der Waals surface area contributed by atoms with Gasteiger partial charge in [0.25, 0.3) is 0 Å². The maximum absolute atomic E-state index is 11.8. The summed E-state index contributed by atoms with van der Waals surface area (Å²) in [6, 6.07) is 17.3. The highest BCUT2D eigenvalue weighted by molar-refractivity contribution is 6.00. The number of rotatable bonds is 4. The Labute approximate surface area is 165 Å². The number of hydrogen-bond acceptors (Lipinski definition) is 3. The van der Waals surface area contributed by atoms with Gasteiger partial charge in [0.2, 0.25) is 0 Å². The van der Waals surface area contributed by atoms with Gasteiger partial charge in [-0.05, 0) is 60.8 Å². The molecule has 0 saturated carbocycles.